The minimum Gasteiger partial charge on any atom is -0.312 e. The fourth-order valence-electron chi connectivity index (χ4n) is 4.78. The number of benzene rings is 2. The third kappa shape index (κ3) is 5.04. The van der Waals surface area contributed by atoms with Gasteiger partial charge in [0.05, 0.1) is 22.3 Å². The molecule has 2 aliphatic rings. The highest BCUT2D eigenvalue weighted by Gasteiger charge is 2.50. The first-order chi connectivity index (χ1) is 16.2. The Bertz CT molecular complexity index is 1200. The summed E-state index contributed by atoms with van der Waals surface area (Å²) in [5, 5.41) is 0. The lowest BCUT2D eigenvalue weighted by Gasteiger charge is -2.37. The van der Waals surface area contributed by atoms with Gasteiger partial charge in [0.1, 0.15) is 0 Å². The summed E-state index contributed by atoms with van der Waals surface area (Å²) in [6.07, 6.45) is -9.55. The summed E-state index contributed by atoms with van der Waals surface area (Å²) in [5.74, 6) is -0.256. The van der Waals surface area contributed by atoms with Crippen LogP contribution in [0.25, 0.3) is 0 Å². The summed E-state index contributed by atoms with van der Waals surface area (Å²) >= 11 is 0. The van der Waals surface area contributed by atoms with E-state index in [4.69, 9.17) is 0 Å². The predicted molar refractivity (Wildman–Crippen MR) is 115 cm³/mol. The average molecular weight is 520 g/mol. The van der Waals surface area contributed by atoms with Gasteiger partial charge in [0, 0.05) is 25.3 Å². The van der Waals surface area contributed by atoms with Crippen LogP contribution in [0.15, 0.2) is 53.4 Å². The highest BCUT2D eigenvalue weighted by atomic mass is 32.2. The van der Waals surface area contributed by atoms with E-state index in [1.54, 1.807) is 0 Å². The molecule has 2 aliphatic heterocycles. The normalized spacial score (nSPS) is 19.5. The van der Waals surface area contributed by atoms with Crippen LogP contribution in [0.1, 0.15) is 30.4 Å². The molecule has 190 valence electrons. The standard InChI is InChI=1S/C23H22F6N2O3S/c24-22(25,26)15-16-5-7-17(8-6-16)31-14-11-21(20(31)32)9-12-30(13-10-21)35(33,34)19-4-2-1-3-18(19)23(27,28)29/h1-8H,9-15H2. The summed E-state index contributed by atoms with van der Waals surface area (Å²) < 4.78 is 105. The van der Waals surface area contributed by atoms with E-state index in [0.717, 1.165) is 22.5 Å². The van der Waals surface area contributed by atoms with Gasteiger partial charge in [0.25, 0.3) is 0 Å². The number of sulfonamides is 1. The third-order valence-electron chi connectivity index (χ3n) is 6.66. The van der Waals surface area contributed by atoms with E-state index in [2.05, 4.69) is 0 Å². The summed E-state index contributed by atoms with van der Waals surface area (Å²) in [7, 11) is -4.43. The molecule has 0 N–H and O–H groups in total. The number of nitrogens with zero attached hydrogens (tertiary/aromatic N) is 2. The van der Waals surface area contributed by atoms with Gasteiger partial charge in [0.15, 0.2) is 0 Å². The van der Waals surface area contributed by atoms with Crippen LogP contribution in [0.2, 0.25) is 0 Å². The Labute approximate surface area is 198 Å². The minimum absolute atomic E-state index is 0.0697. The molecule has 0 atom stereocenters. The first kappa shape index (κ1) is 25.5. The van der Waals surface area contributed by atoms with Crippen molar-refractivity contribution < 1.29 is 39.6 Å². The smallest absolute Gasteiger partial charge is 0.312 e. The van der Waals surface area contributed by atoms with Gasteiger partial charge in [-0.3, -0.25) is 4.79 Å². The van der Waals surface area contributed by atoms with Crippen LogP contribution in [0.3, 0.4) is 0 Å². The summed E-state index contributed by atoms with van der Waals surface area (Å²) in [5.41, 5.74) is -1.58. The van der Waals surface area contributed by atoms with Crippen molar-refractivity contribution in [3.05, 3.63) is 59.7 Å². The zero-order chi connectivity index (χ0) is 25.6. The molecule has 2 aromatic carbocycles. The molecule has 1 amide bonds. The number of anilines is 1. The lowest BCUT2D eigenvalue weighted by Crippen LogP contribution is -2.46. The highest BCUT2D eigenvalue weighted by molar-refractivity contribution is 7.89. The van der Waals surface area contributed by atoms with Crippen molar-refractivity contribution in [2.24, 2.45) is 5.41 Å². The van der Waals surface area contributed by atoms with Gasteiger partial charge in [-0.15, -0.1) is 0 Å². The van der Waals surface area contributed by atoms with Gasteiger partial charge < -0.3 is 4.90 Å². The first-order valence-electron chi connectivity index (χ1n) is 10.9. The predicted octanol–water partition coefficient (Wildman–Crippen LogP) is 5.02. The van der Waals surface area contributed by atoms with E-state index >= 15 is 0 Å². The molecule has 1 spiro atoms. The number of carbonyl (C=O) groups is 1. The number of piperidine rings is 1. The van der Waals surface area contributed by atoms with E-state index in [1.165, 1.54) is 35.2 Å². The van der Waals surface area contributed by atoms with Gasteiger partial charge in [-0.2, -0.15) is 30.6 Å². The lowest BCUT2D eigenvalue weighted by atomic mass is 9.77. The molecule has 0 bridgehead atoms. The number of rotatable bonds is 4. The van der Waals surface area contributed by atoms with Crippen LogP contribution >= 0.6 is 0 Å². The molecule has 35 heavy (non-hydrogen) atoms. The van der Waals surface area contributed by atoms with Crippen molar-refractivity contribution in [1.29, 1.82) is 0 Å². The van der Waals surface area contributed by atoms with Crippen molar-refractivity contribution >= 4 is 21.6 Å². The molecule has 4 rings (SSSR count). The summed E-state index contributed by atoms with van der Waals surface area (Å²) in [4.78, 5) is 13.9. The number of hydrogen-bond donors (Lipinski definition) is 0. The summed E-state index contributed by atoms with van der Waals surface area (Å²) in [6.45, 7) is 0.0956. The van der Waals surface area contributed by atoms with Gasteiger partial charge >= 0.3 is 12.4 Å². The van der Waals surface area contributed by atoms with Crippen LogP contribution in [0.4, 0.5) is 32.0 Å². The molecule has 0 aliphatic carbocycles. The van der Waals surface area contributed by atoms with Crippen molar-refractivity contribution in [3.8, 4) is 0 Å². The number of amides is 1. The Kier molecular flexibility index (Phi) is 6.41. The van der Waals surface area contributed by atoms with E-state index in [1.807, 2.05) is 0 Å². The molecular weight excluding hydrogens is 498 g/mol. The SMILES string of the molecule is O=C1N(c2ccc(CC(F)(F)F)cc2)CCC12CCN(S(=O)(=O)c1ccccc1C(F)(F)F)CC2. The van der Waals surface area contributed by atoms with Gasteiger partial charge in [-0.1, -0.05) is 24.3 Å². The van der Waals surface area contributed by atoms with Crippen LogP contribution in [-0.2, 0) is 27.4 Å². The Hall–Kier alpha value is -2.60. The van der Waals surface area contributed by atoms with E-state index < -0.39 is 44.7 Å². The van der Waals surface area contributed by atoms with Gasteiger partial charge in [-0.05, 0) is 49.1 Å². The van der Waals surface area contributed by atoms with Crippen LogP contribution in [0.5, 0.6) is 0 Å². The van der Waals surface area contributed by atoms with Crippen molar-refractivity contribution in [2.45, 2.75) is 42.9 Å². The zero-order valence-corrected chi connectivity index (χ0v) is 19.2. The molecule has 0 saturated carbocycles. The molecule has 0 radical (unpaired) electrons. The number of hydrogen-bond acceptors (Lipinski definition) is 3. The molecule has 0 unspecified atom stereocenters. The third-order valence-corrected chi connectivity index (χ3v) is 8.61. The molecule has 5 nitrogen and oxygen atoms in total. The monoisotopic (exact) mass is 520 g/mol. The van der Waals surface area contributed by atoms with E-state index in [-0.39, 0.29) is 37.4 Å². The van der Waals surface area contributed by atoms with Gasteiger partial charge in [0.2, 0.25) is 15.9 Å². The molecular formula is C23H22F6N2O3S. The molecule has 2 saturated heterocycles. The molecule has 2 fully saturated rings. The second kappa shape index (κ2) is 8.81. The number of carbonyl (C=O) groups excluding carboxylic acids is 1. The lowest BCUT2D eigenvalue weighted by molar-refractivity contribution is -0.140. The Morgan fingerprint density at radius 3 is 1.97 bits per heavy atom. The maximum atomic E-state index is 13.4. The number of halogens is 6. The Balaban J connectivity index is 1.47. The number of alkyl halides is 6. The van der Waals surface area contributed by atoms with Gasteiger partial charge in [-0.25, -0.2) is 8.42 Å². The van der Waals surface area contributed by atoms with Crippen molar-refractivity contribution in [2.75, 3.05) is 24.5 Å². The van der Waals surface area contributed by atoms with Crippen molar-refractivity contribution in [3.63, 3.8) is 0 Å². The van der Waals surface area contributed by atoms with Crippen LogP contribution in [-0.4, -0.2) is 44.4 Å². The van der Waals surface area contributed by atoms with Crippen LogP contribution < -0.4 is 4.90 Å². The van der Waals surface area contributed by atoms with Crippen LogP contribution in [0, 0.1) is 5.41 Å². The second-order valence-electron chi connectivity index (χ2n) is 8.84. The van der Waals surface area contributed by atoms with Crippen molar-refractivity contribution in [1.82, 2.24) is 4.31 Å². The maximum Gasteiger partial charge on any atom is 0.417 e. The quantitative estimate of drug-likeness (QED) is 0.533. The minimum atomic E-state index is -4.84. The molecule has 0 aromatic heterocycles. The summed E-state index contributed by atoms with van der Waals surface area (Å²) in [6, 6.07) is 9.52. The second-order valence-corrected chi connectivity index (χ2v) is 10.7. The largest absolute Gasteiger partial charge is 0.417 e. The highest BCUT2D eigenvalue weighted by Crippen LogP contribution is 2.45. The molecule has 12 heteroatoms. The first-order valence-corrected chi connectivity index (χ1v) is 12.3. The zero-order valence-electron chi connectivity index (χ0n) is 18.4. The van der Waals surface area contributed by atoms with E-state index in [9.17, 15) is 39.6 Å². The molecule has 2 aromatic rings. The topological polar surface area (TPSA) is 57.7 Å². The van der Waals surface area contributed by atoms with E-state index in [0.29, 0.717) is 18.7 Å². The fourth-order valence-corrected chi connectivity index (χ4v) is 6.43. The maximum absolute atomic E-state index is 13.4. The Morgan fingerprint density at radius 2 is 1.40 bits per heavy atom. The fraction of sp³-hybridized carbons (Fsp3) is 0.435. The Morgan fingerprint density at radius 1 is 0.829 bits per heavy atom. The molecule has 2 heterocycles. The average Bonchev–Trinajstić information content (AvgIpc) is 3.08.